The molecule has 2 unspecified atom stereocenters. The van der Waals surface area contributed by atoms with Gasteiger partial charge in [0.2, 0.25) is 0 Å². The summed E-state index contributed by atoms with van der Waals surface area (Å²) in [4.78, 5) is 0. The van der Waals surface area contributed by atoms with Crippen molar-refractivity contribution >= 4 is 0 Å². The van der Waals surface area contributed by atoms with E-state index in [1.54, 1.807) is 21.3 Å². The fraction of sp³-hybridized carbons (Fsp3) is 0.172. The Morgan fingerprint density at radius 3 is 2.00 bits per heavy atom. The van der Waals surface area contributed by atoms with E-state index in [9.17, 15) is 10.2 Å². The first-order valence-electron chi connectivity index (χ1n) is 11.0. The number of methoxy groups -OCH3 is 3. The minimum atomic E-state index is -0.931. The van der Waals surface area contributed by atoms with Crippen molar-refractivity contribution in [3.63, 3.8) is 0 Å². The maximum atomic E-state index is 11.2. The van der Waals surface area contributed by atoms with Gasteiger partial charge in [0.25, 0.3) is 0 Å². The third-order valence-electron chi connectivity index (χ3n) is 5.92. The smallest absolute Gasteiger partial charge is 0.132 e. The monoisotopic (exact) mass is 456 g/mol. The Balaban J connectivity index is 1.72. The van der Waals surface area contributed by atoms with Crippen LogP contribution < -0.4 is 14.2 Å². The molecule has 5 nitrogen and oxygen atoms in total. The van der Waals surface area contributed by atoms with Gasteiger partial charge in [-0.15, -0.1) is 0 Å². The van der Waals surface area contributed by atoms with E-state index in [-0.39, 0.29) is 0 Å². The van der Waals surface area contributed by atoms with Gasteiger partial charge in [-0.3, -0.25) is 0 Å². The molecule has 0 aliphatic rings. The second-order valence-corrected chi connectivity index (χ2v) is 7.87. The molecule has 34 heavy (non-hydrogen) atoms. The van der Waals surface area contributed by atoms with Gasteiger partial charge in [-0.1, -0.05) is 66.7 Å². The molecule has 174 valence electrons. The lowest BCUT2D eigenvalue weighted by Gasteiger charge is -2.20. The van der Waals surface area contributed by atoms with Crippen LogP contribution in [0.4, 0.5) is 0 Å². The second-order valence-electron chi connectivity index (χ2n) is 7.87. The van der Waals surface area contributed by atoms with Crippen LogP contribution >= 0.6 is 0 Å². The molecule has 0 bridgehead atoms. The summed E-state index contributed by atoms with van der Waals surface area (Å²) >= 11 is 0. The number of benzene rings is 4. The van der Waals surface area contributed by atoms with Gasteiger partial charge >= 0.3 is 0 Å². The van der Waals surface area contributed by atoms with Crippen LogP contribution in [0.5, 0.6) is 17.2 Å². The van der Waals surface area contributed by atoms with Crippen molar-refractivity contribution in [3.8, 4) is 28.4 Å². The quantitative estimate of drug-likeness (QED) is 0.364. The fourth-order valence-electron chi connectivity index (χ4n) is 4.14. The Hall–Kier alpha value is -3.80. The van der Waals surface area contributed by atoms with E-state index in [1.807, 2.05) is 91.0 Å². The van der Waals surface area contributed by atoms with Crippen molar-refractivity contribution < 1.29 is 24.4 Å². The minimum Gasteiger partial charge on any atom is -0.497 e. The summed E-state index contributed by atoms with van der Waals surface area (Å²) in [5, 5.41) is 22.2. The van der Waals surface area contributed by atoms with E-state index in [1.165, 1.54) is 0 Å². The highest BCUT2D eigenvalue weighted by molar-refractivity contribution is 5.73. The van der Waals surface area contributed by atoms with Gasteiger partial charge < -0.3 is 24.4 Å². The van der Waals surface area contributed by atoms with Gasteiger partial charge in [0, 0.05) is 16.7 Å². The van der Waals surface area contributed by atoms with Crippen molar-refractivity contribution in [1.82, 2.24) is 0 Å². The van der Waals surface area contributed by atoms with Crippen LogP contribution in [-0.2, 0) is 0 Å². The van der Waals surface area contributed by atoms with E-state index in [4.69, 9.17) is 14.2 Å². The highest BCUT2D eigenvalue weighted by Gasteiger charge is 2.22. The molecule has 0 heterocycles. The summed E-state index contributed by atoms with van der Waals surface area (Å²) in [6.45, 7) is 0. The van der Waals surface area contributed by atoms with Crippen LogP contribution in [0.3, 0.4) is 0 Å². The number of hydrogen-bond donors (Lipinski definition) is 2. The number of rotatable bonds is 8. The van der Waals surface area contributed by atoms with Gasteiger partial charge in [-0.2, -0.15) is 0 Å². The standard InChI is InChI=1S/C29H28O5/c1-32-22-16-14-19(15-17-22)27(30)21-9-6-8-20(18-21)23-11-7-12-25(29(23)34-3)28(31)24-10-4-5-13-26(24)33-2/h4-18,27-28,30-31H,1-3H3. The van der Waals surface area contributed by atoms with Crippen LogP contribution in [-0.4, -0.2) is 31.5 Å². The maximum absolute atomic E-state index is 11.2. The summed E-state index contributed by atoms with van der Waals surface area (Å²) in [6, 6.07) is 28.1. The molecule has 4 aromatic rings. The third-order valence-corrected chi connectivity index (χ3v) is 5.92. The zero-order valence-corrected chi connectivity index (χ0v) is 19.4. The number of aliphatic hydroxyl groups is 2. The molecule has 4 rings (SSSR count). The van der Waals surface area contributed by atoms with E-state index in [0.717, 1.165) is 28.0 Å². The lowest BCUT2D eigenvalue weighted by molar-refractivity contribution is 0.209. The van der Waals surface area contributed by atoms with Crippen LogP contribution in [0.15, 0.2) is 91.0 Å². The molecule has 2 atom stereocenters. The van der Waals surface area contributed by atoms with Gasteiger partial charge in [-0.25, -0.2) is 0 Å². The lowest BCUT2D eigenvalue weighted by atomic mass is 9.93. The van der Waals surface area contributed by atoms with Crippen molar-refractivity contribution in [2.45, 2.75) is 12.2 Å². The number of ether oxygens (including phenoxy) is 3. The van der Waals surface area contributed by atoms with E-state index < -0.39 is 12.2 Å². The van der Waals surface area contributed by atoms with Gasteiger partial charge in [0.05, 0.1) is 21.3 Å². The summed E-state index contributed by atoms with van der Waals surface area (Å²) in [7, 11) is 4.79. The van der Waals surface area contributed by atoms with E-state index in [0.29, 0.717) is 22.6 Å². The van der Waals surface area contributed by atoms with Crippen LogP contribution in [0.25, 0.3) is 11.1 Å². The molecule has 0 aromatic heterocycles. The van der Waals surface area contributed by atoms with E-state index in [2.05, 4.69) is 0 Å². The van der Waals surface area contributed by atoms with Crippen LogP contribution in [0, 0.1) is 0 Å². The van der Waals surface area contributed by atoms with Crippen LogP contribution in [0.2, 0.25) is 0 Å². The number of hydrogen-bond acceptors (Lipinski definition) is 5. The largest absolute Gasteiger partial charge is 0.497 e. The minimum absolute atomic E-state index is 0.567. The molecule has 2 N–H and O–H groups in total. The molecule has 0 saturated heterocycles. The van der Waals surface area contributed by atoms with Crippen molar-refractivity contribution in [3.05, 3.63) is 113 Å². The maximum Gasteiger partial charge on any atom is 0.132 e. The van der Waals surface area contributed by atoms with Gasteiger partial charge in [0.1, 0.15) is 29.5 Å². The first-order valence-corrected chi connectivity index (χ1v) is 11.0. The molecular weight excluding hydrogens is 428 g/mol. The summed E-state index contributed by atoms with van der Waals surface area (Å²) in [5.74, 6) is 1.91. The summed E-state index contributed by atoms with van der Waals surface area (Å²) < 4.78 is 16.4. The first-order chi connectivity index (χ1) is 16.6. The predicted molar refractivity (Wildman–Crippen MR) is 133 cm³/mol. The highest BCUT2D eigenvalue weighted by atomic mass is 16.5. The zero-order chi connectivity index (χ0) is 24.1. The molecule has 4 aromatic carbocycles. The highest BCUT2D eigenvalue weighted by Crippen LogP contribution is 2.40. The number of para-hydroxylation sites is 2. The summed E-state index contributed by atoms with van der Waals surface area (Å²) in [5.41, 5.74) is 4.49. The van der Waals surface area contributed by atoms with Crippen molar-refractivity contribution in [2.75, 3.05) is 21.3 Å². The Labute approximate surface area is 199 Å². The van der Waals surface area contributed by atoms with Gasteiger partial charge in [-0.05, 0) is 41.0 Å². The molecule has 0 spiro atoms. The Kier molecular flexibility index (Phi) is 7.16. The topological polar surface area (TPSA) is 68.2 Å². The van der Waals surface area contributed by atoms with Gasteiger partial charge in [0.15, 0.2) is 0 Å². The van der Waals surface area contributed by atoms with E-state index >= 15 is 0 Å². The predicted octanol–water partition coefficient (Wildman–Crippen LogP) is 5.54. The molecule has 0 amide bonds. The molecule has 0 fully saturated rings. The Morgan fingerprint density at radius 2 is 1.29 bits per heavy atom. The average Bonchev–Trinajstić information content (AvgIpc) is 2.91. The SMILES string of the molecule is COc1ccc(C(O)c2cccc(-c3cccc(C(O)c4ccccc4OC)c3OC)c2)cc1. The first kappa shape index (κ1) is 23.4. The average molecular weight is 457 g/mol. The molecule has 0 aliphatic heterocycles. The Bertz CT molecular complexity index is 1250. The van der Waals surface area contributed by atoms with Crippen molar-refractivity contribution in [1.29, 1.82) is 0 Å². The Morgan fingerprint density at radius 1 is 0.588 bits per heavy atom. The second kappa shape index (κ2) is 10.4. The molecule has 0 saturated carbocycles. The molecule has 5 heteroatoms. The molecule has 0 aliphatic carbocycles. The zero-order valence-electron chi connectivity index (χ0n) is 19.4. The molecular formula is C29H28O5. The normalized spacial score (nSPS) is 12.6. The summed E-state index contributed by atoms with van der Waals surface area (Å²) in [6.07, 6.45) is -1.72. The van der Waals surface area contributed by atoms with Crippen molar-refractivity contribution in [2.24, 2.45) is 0 Å². The fourth-order valence-corrected chi connectivity index (χ4v) is 4.14. The molecule has 0 radical (unpaired) electrons. The van der Waals surface area contributed by atoms with Crippen LogP contribution in [0.1, 0.15) is 34.5 Å². The third kappa shape index (κ3) is 4.62. The number of aliphatic hydroxyl groups excluding tert-OH is 2. The lowest BCUT2D eigenvalue weighted by Crippen LogP contribution is -2.05.